The molecule has 0 saturated carbocycles. The molecule has 0 bridgehead atoms. The number of halogens is 1. The van der Waals surface area contributed by atoms with Crippen LogP contribution in [-0.4, -0.2) is 31.7 Å². The van der Waals surface area contributed by atoms with E-state index in [9.17, 15) is 14.0 Å². The molecule has 0 heterocycles. The van der Waals surface area contributed by atoms with Gasteiger partial charge in [-0.15, -0.1) is 6.42 Å². The van der Waals surface area contributed by atoms with Crippen molar-refractivity contribution in [2.75, 3.05) is 19.0 Å². The molecule has 7 nitrogen and oxygen atoms in total. The maximum Gasteiger partial charge on any atom is 0.240 e. The van der Waals surface area contributed by atoms with Crippen molar-refractivity contribution < 1.29 is 23.5 Å². The van der Waals surface area contributed by atoms with E-state index >= 15 is 0 Å². The largest absolute Gasteiger partial charge is 0.493 e. The van der Waals surface area contributed by atoms with E-state index in [2.05, 4.69) is 21.8 Å². The zero-order chi connectivity index (χ0) is 21.1. The molecule has 0 aliphatic heterocycles. The second kappa shape index (κ2) is 11.1. The zero-order valence-electron chi connectivity index (χ0n) is 15.8. The number of carbonyl (C=O) groups is 2. The van der Waals surface area contributed by atoms with Gasteiger partial charge in [-0.05, 0) is 24.3 Å². The lowest BCUT2D eigenvalue weighted by atomic mass is 10.2. The molecule has 2 amide bonds. The van der Waals surface area contributed by atoms with E-state index in [1.807, 2.05) is 0 Å². The summed E-state index contributed by atoms with van der Waals surface area (Å²) >= 11 is 0. The van der Waals surface area contributed by atoms with Gasteiger partial charge in [-0.1, -0.05) is 24.1 Å². The van der Waals surface area contributed by atoms with E-state index < -0.39 is 17.6 Å². The third-order valence-corrected chi connectivity index (χ3v) is 3.65. The normalized spacial score (nSPS) is 10.2. The van der Waals surface area contributed by atoms with Crippen LogP contribution >= 0.6 is 0 Å². The molecule has 0 aromatic heterocycles. The average Bonchev–Trinajstić information content (AvgIpc) is 2.72. The summed E-state index contributed by atoms with van der Waals surface area (Å²) < 4.78 is 24.2. The van der Waals surface area contributed by atoms with Crippen molar-refractivity contribution in [3.05, 3.63) is 53.8 Å². The smallest absolute Gasteiger partial charge is 0.240 e. The minimum Gasteiger partial charge on any atom is -0.493 e. The number of amides is 2. The topological polar surface area (TPSA) is 89.0 Å². The second-order valence-electron chi connectivity index (χ2n) is 5.69. The first kappa shape index (κ1) is 21.4. The van der Waals surface area contributed by atoms with Crippen molar-refractivity contribution >= 4 is 23.7 Å². The molecule has 0 aliphatic carbocycles. The van der Waals surface area contributed by atoms with Gasteiger partial charge in [0.1, 0.15) is 12.4 Å². The molecule has 0 aliphatic rings. The lowest BCUT2D eigenvalue weighted by Gasteiger charge is -2.11. The number of nitrogens with one attached hydrogen (secondary N) is 2. The Bertz CT molecular complexity index is 938. The summed E-state index contributed by atoms with van der Waals surface area (Å²) in [6, 6.07) is 10.9. The fourth-order valence-electron chi connectivity index (χ4n) is 2.30. The molecule has 0 unspecified atom stereocenters. The van der Waals surface area contributed by atoms with Crippen molar-refractivity contribution in [2.24, 2.45) is 5.10 Å². The highest BCUT2D eigenvalue weighted by atomic mass is 19.1. The lowest BCUT2D eigenvalue weighted by molar-refractivity contribution is -0.124. The highest BCUT2D eigenvalue weighted by Gasteiger charge is 2.10. The minimum atomic E-state index is -0.545. The Labute approximate surface area is 167 Å². The highest BCUT2D eigenvalue weighted by Crippen LogP contribution is 2.29. The van der Waals surface area contributed by atoms with Crippen molar-refractivity contribution in [2.45, 2.75) is 12.8 Å². The van der Waals surface area contributed by atoms with E-state index in [4.69, 9.17) is 15.9 Å². The van der Waals surface area contributed by atoms with Crippen LogP contribution in [0.2, 0.25) is 0 Å². The van der Waals surface area contributed by atoms with Crippen molar-refractivity contribution in [3.8, 4) is 23.8 Å². The molecule has 0 saturated heterocycles. The van der Waals surface area contributed by atoms with Crippen LogP contribution in [0.1, 0.15) is 18.4 Å². The minimum absolute atomic E-state index is 0.0463. The van der Waals surface area contributed by atoms with Crippen LogP contribution < -0.4 is 20.2 Å². The number of hydrogen-bond donors (Lipinski definition) is 2. The molecule has 150 valence electrons. The number of terminal acetylenes is 1. The third kappa shape index (κ3) is 6.66. The number of hydrogen-bond acceptors (Lipinski definition) is 5. The number of para-hydroxylation sites is 2. The SMILES string of the molecule is C#CCOc1c(C=NNC(=O)CCC(=O)Nc2ccccc2F)cccc1OC. The van der Waals surface area contributed by atoms with Gasteiger partial charge in [0.25, 0.3) is 0 Å². The number of hydrazone groups is 1. The molecule has 29 heavy (non-hydrogen) atoms. The summed E-state index contributed by atoms with van der Waals surface area (Å²) in [5, 5.41) is 6.27. The quantitative estimate of drug-likeness (QED) is 0.387. The van der Waals surface area contributed by atoms with Crippen LogP contribution in [0.5, 0.6) is 11.5 Å². The molecule has 2 rings (SSSR count). The maximum absolute atomic E-state index is 13.5. The highest BCUT2D eigenvalue weighted by molar-refractivity contribution is 5.93. The summed E-state index contributed by atoms with van der Waals surface area (Å²) in [4.78, 5) is 23.7. The van der Waals surface area contributed by atoms with Crippen molar-refractivity contribution in [1.82, 2.24) is 5.43 Å². The Morgan fingerprint density at radius 1 is 1.17 bits per heavy atom. The fourth-order valence-corrected chi connectivity index (χ4v) is 2.30. The van der Waals surface area contributed by atoms with Gasteiger partial charge in [-0.2, -0.15) is 5.10 Å². The molecule has 8 heteroatoms. The predicted octanol–water partition coefficient (Wildman–Crippen LogP) is 2.72. The summed E-state index contributed by atoms with van der Waals surface area (Å²) in [7, 11) is 1.49. The van der Waals surface area contributed by atoms with E-state index in [1.165, 1.54) is 31.5 Å². The lowest BCUT2D eigenvalue weighted by Crippen LogP contribution is -2.21. The van der Waals surface area contributed by atoms with E-state index in [0.717, 1.165) is 0 Å². The molecule has 0 radical (unpaired) electrons. The zero-order valence-corrected chi connectivity index (χ0v) is 15.8. The monoisotopic (exact) mass is 397 g/mol. The van der Waals surface area contributed by atoms with E-state index in [0.29, 0.717) is 17.1 Å². The van der Waals surface area contributed by atoms with Crippen LogP contribution in [0.4, 0.5) is 10.1 Å². The van der Waals surface area contributed by atoms with Crippen LogP contribution in [0.15, 0.2) is 47.6 Å². The Hall–Kier alpha value is -3.86. The van der Waals surface area contributed by atoms with Gasteiger partial charge in [-0.25, -0.2) is 9.82 Å². The summed E-state index contributed by atoms with van der Waals surface area (Å²) in [5.41, 5.74) is 2.94. The maximum atomic E-state index is 13.5. The molecule has 2 aromatic carbocycles. The molecule has 0 spiro atoms. The first-order chi connectivity index (χ1) is 14.0. The number of anilines is 1. The first-order valence-corrected chi connectivity index (χ1v) is 8.64. The molecular weight excluding hydrogens is 377 g/mol. The Balaban J connectivity index is 1.87. The molecular formula is C21H20FN3O4. The summed E-state index contributed by atoms with van der Waals surface area (Å²) in [5.74, 6) is 1.74. The van der Waals surface area contributed by atoms with Gasteiger partial charge in [0.05, 0.1) is 19.0 Å². The molecule has 0 atom stereocenters. The van der Waals surface area contributed by atoms with Gasteiger partial charge in [0, 0.05) is 18.4 Å². The average molecular weight is 397 g/mol. The number of rotatable bonds is 9. The summed E-state index contributed by atoms with van der Waals surface area (Å²) in [6.45, 7) is 0.0463. The predicted molar refractivity (Wildman–Crippen MR) is 107 cm³/mol. The number of carbonyl (C=O) groups excluding carboxylic acids is 2. The van der Waals surface area contributed by atoms with Crippen LogP contribution in [-0.2, 0) is 9.59 Å². The molecule has 0 fully saturated rings. The van der Waals surface area contributed by atoms with Crippen LogP contribution in [0, 0.1) is 18.2 Å². The number of benzene rings is 2. The van der Waals surface area contributed by atoms with Crippen LogP contribution in [0.25, 0.3) is 0 Å². The second-order valence-corrected chi connectivity index (χ2v) is 5.69. The third-order valence-electron chi connectivity index (χ3n) is 3.65. The van der Waals surface area contributed by atoms with Crippen molar-refractivity contribution in [3.63, 3.8) is 0 Å². The number of nitrogens with zero attached hydrogens (tertiary/aromatic N) is 1. The standard InChI is InChI=1S/C21H20FN3O4/c1-3-13-29-21-15(7-6-10-18(21)28-2)14-23-25-20(27)12-11-19(26)24-17-9-5-4-8-16(17)22/h1,4-10,14H,11-13H2,2H3,(H,24,26)(H,25,27). The van der Waals surface area contributed by atoms with Gasteiger partial charge in [0.2, 0.25) is 11.8 Å². The Morgan fingerprint density at radius 2 is 1.93 bits per heavy atom. The van der Waals surface area contributed by atoms with Crippen molar-refractivity contribution in [1.29, 1.82) is 0 Å². The number of methoxy groups -OCH3 is 1. The first-order valence-electron chi connectivity index (χ1n) is 8.64. The van der Waals surface area contributed by atoms with Gasteiger partial charge >= 0.3 is 0 Å². The molecule has 2 aromatic rings. The van der Waals surface area contributed by atoms with Gasteiger partial charge in [-0.3, -0.25) is 9.59 Å². The summed E-state index contributed by atoms with van der Waals surface area (Å²) in [6.07, 6.45) is 6.36. The Morgan fingerprint density at radius 3 is 2.66 bits per heavy atom. The van der Waals surface area contributed by atoms with E-state index in [1.54, 1.807) is 24.3 Å². The Kier molecular flexibility index (Phi) is 8.20. The van der Waals surface area contributed by atoms with Gasteiger partial charge in [0.15, 0.2) is 11.5 Å². The number of ether oxygens (including phenoxy) is 2. The van der Waals surface area contributed by atoms with Gasteiger partial charge < -0.3 is 14.8 Å². The molecule has 2 N–H and O–H groups in total. The van der Waals surface area contributed by atoms with E-state index in [-0.39, 0.29) is 25.1 Å². The fraction of sp³-hybridized carbons (Fsp3) is 0.190. The van der Waals surface area contributed by atoms with Crippen LogP contribution in [0.3, 0.4) is 0 Å².